The fraction of sp³-hybridized carbons (Fsp3) is 0.500. The van der Waals surface area contributed by atoms with Crippen molar-refractivity contribution in [3.05, 3.63) is 18.1 Å². The minimum atomic E-state index is -0.500. The molecule has 0 bridgehead atoms. The monoisotopic (exact) mass is 278 g/mol. The summed E-state index contributed by atoms with van der Waals surface area (Å²) in [5.74, 6) is 0.676. The Morgan fingerprint density at radius 2 is 2.30 bits per heavy atom. The Morgan fingerprint density at radius 1 is 1.55 bits per heavy atom. The number of carbonyl (C=O) groups is 1. The van der Waals surface area contributed by atoms with E-state index in [2.05, 4.69) is 20.4 Å². The first-order chi connectivity index (χ1) is 9.52. The zero-order chi connectivity index (χ0) is 14.7. The molecule has 2 rings (SSSR count). The highest BCUT2D eigenvalue weighted by atomic mass is 16.5. The molecule has 0 fully saturated rings. The van der Waals surface area contributed by atoms with Crippen molar-refractivity contribution in [1.29, 1.82) is 0 Å². The summed E-state index contributed by atoms with van der Waals surface area (Å²) in [6.45, 7) is 4.18. The number of nitrogens with zero attached hydrogens (tertiary/aromatic N) is 4. The molecule has 8 heteroatoms. The molecule has 1 atom stereocenters. The van der Waals surface area contributed by atoms with Gasteiger partial charge in [-0.2, -0.15) is 14.6 Å². The van der Waals surface area contributed by atoms with Crippen LogP contribution in [0.4, 0.5) is 5.82 Å². The van der Waals surface area contributed by atoms with Crippen LogP contribution < -0.4 is 11.1 Å². The van der Waals surface area contributed by atoms with Crippen LogP contribution in [-0.4, -0.2) is 38.6 Å². The van der Waals surface area contributed by atoms with Gasteiger partial charge in [0.15, 0.2) is 0 Å². The maximum absolute atomic E-state index is 11.5. The second-order valence-electron chi connectivity index (χ2n) is 4.81. The smallest absolute Gasteiger partial charge is 0.254 e. The zero-order valence-corrected chi connectivity index (χ0v) is 11.7. The molecule has 0 aromatic carbocycles. The number of hydrogen-bond donors (Lipinski definition) is 2. The Bertz CT molecular complexity index is 609. The van der Waals surface area contributed by atoms with E-state index in [-0.39, 0.29) is 5.92 Å². The number of primary amides is 1. The van der Waals surface area contributed by atoms with Gasteiger partial charge in [0.05, 0.1) is 12.3 Å². The number of methoxy groups -OCH3 is 1. The number of rotatable bonds is 6. The minimum absolute atomic E-state index is 0.0464. The maximum Gasteiger partial charge on any atom is 0.254 e. The van der Waals surface area contributed by atoms with Gasteiger partial charge in [-0.15, -0.1) is 0 Å². The Hall–Kier alpha value is -2.22. The lowest BCUT2D eigenvalue weighted by Gasteiger charge is -2.20. The third-order valence-corrected chi connectivity index (χ3v) is 2.87. The summed E-state index contributed by atoms with van der Waals surface area (Å²) in [6.07, 6.45) is 1.40. The molecule has 1 unspecified atom stereocenters. The molecule has 0 spiro atoms. The van der Waals surface area contributed by atoms with Crippen LogP contribution in [0.15, 0.2) is 12.4 Å². The highest BCUT2D eigenvalue weighted by Crippen LogP contribution is 2.15. The first kappa shape index (κ1) is 14.2. The molecule has 0 aliphatic heterocycles. The third kappa shape index (κ3) is 2.85. The van der Waals surface area contributed by atoms with Gasteiger partial charge in [0, 0.05) is 13.2 Å². The van der Waals surface area contributed by atoms with Gasteiger partial charge in [-0.3, -0.25) is 4.79 Å². The number of ether oxygens (including phenoxy) is 1. The van der Waals surface area contributed by atoms with Crippen molar-refractivity contribution >= 4 is 17.5 Å². The number of aromatic nitrogens is 4. The minimum Gasteiger partial charge on any atom is -0.378 e. The fourth-order valence-corrected chi connectivity index (χ4v) is 1.91. The van der Waals surface area contributed by atoms with Gasteiger partial charge in [-0.1, -0.05) is 13.8 Å². The molecule has 1 amide bonds. The predicted molar refractivity (Wildman–Crippen MR) is 72.9 cm³/mol. The van der Waals surface area contributed by atoms with Gasteiger partial charge in [-0.05, 0) is 5.92 Å². The van der Waals surface area contributed by atoms with E-state index < -0.39 is 11.9 Å². The summed E-state index contributed by atoms with van der Waals surface area (Å²) >= 11 is 0. The Morgan fingerprint density at radius 3 is 2.90 bits per heavy atom. The van der Waals surface area contributed by atoms with Crippen LogP contribution >= 0.6 is 0 Å². The van der Waals surface area contributed by atoms with Crippen molar-refractivity contribution in [3.8, 4) is 0 Å². The number of anilines is 1. The molecule has 108 valence electrons. The molecule has 0 saturated carbocycles. The van der Waals surface area contributed by atoms with Gasteiger partial charge < -0.3 is 15.8 Å². The van der Waals surface area contributed by atoms with Crippen molar-refractivity contribution in [3.63, 3.8) is 0 Å². The lowest BCUT2D eigenvalue weighted by Crippen LogP contribution is -2.40. The summed E-state index contributed by atoms with van der Waals surface area (Å²) < 4.78 is 6.59. The SMILES string of the molecule is COCc1cc(NC(C(N)=O)C(C)C)n2ncnc2n1. The quantitative estimate of drug-likeness (QED) is 0.781. The molecular weight excluding hydrogens is 260 g/mol. The molecule has 20 heavy (non-hydrogen) atoms. The van der Waals surface area contributed by atoms with E-state index in [0.29, 0.717) is 23.9 Å². The molecule has 8 nitrogen and oxygen atoms in total. The predicted octanol–water partition coefficient (Wildman–Crippen LogP) is 0.192. The molecule has 0 saturated heterocycles. The highest BCUT2D eigenvalue weighted by Gasteiger charge is 2.21. The highest BCUT2D eigenvalue weighted by molar-refractivity contribution is 5.83. The number of hydrogen-bond acceptors (Lipinski definition) is 6. The van der Waals surface area contributed by atoms with Crippen LogP contribution in [0.5, 0.6) is 0 Å². The molecule has 0 aliphatic carbocycles. The summed E-state index contributed by atoms with van der Waals surface area (Å²) in [5.41, 5.74) is 6.11. The Balaban J connectivity index is 2.40. The lowest BCUT2D eigenvalue weighted by atomic mass is 10.0. The van der Waals surface area contributed by atoms with Crippen molar-refractivity contribution in [2.45, 2.75) is 26.5 Å². The van der Waals surface area contributed by atoms with Crippen molar-refractivity contribution in [2.75, 3.05) is 12.4 Å². The number of fused-ring (bicyclic) bond motifs is 1. The summed E-state index contributed by atoms with van der Waals surface area (Å²) in [6, 6.07) is 1.27. The Labute approximate surface area is 116 Å². The molecule has 0 radical (unpaired) electrons. The second-order valence-corrected chi connectivity index (χ2v) is 4.81. The molecule has 0 aliphatic rings. The lowest BCUT2D eigenvalue weighted by molar-refractivity contribution is -0.119. The van der Waals surface area contributed by atoms with Crippen molar-refractivity contribution < 1.29 is 9.53 Å². The van der Waals surface area contributed by atoms with E-state index in [9.17, 15) is 4.79 Å². The molecule has 2 aromatic heterocycles. The number of nitrogens with one attached hydrogen (secondary N) is 1. The van der Waals surface area contributed by atoms with Gasteiger partial charge >= 0.3 is 0 Å². The number of amides is 1. The van der Waals surface area contributed by atoms with Crippen LogP contribution in [-0.2, 0) is 16.1 Å². The first-order valence-corrected chi connectivity index (χ1v) is 6.27. The molecule has 2 aromatic rings. The van der Waals surface area contributed by atoms with E-state index in [4.69, 9.17) is 10.5 Å². The summed E-state index contributed by atoms with van der Waals surface area (Å²) in [7, 11) is 1.59. The molecule has 2 heterocycles. The van der Waals surface area contributed by atoms with Crippen LogP contribution in [0.2, 0.25) is 0 Å². The second kappa shape index (κ2) is 5.83. The standard InChI is InChI=1S/C12H18N6O2/c1-7(2)10(11(13)19)17-9-4-8(5-20-3)16-12-14-6-15-18(9)12/h4,6-7,10,17H,5H2,1-3H3,(H2,13,19). The van der Waals surface area contributed by atoms with Crippen LogP contribution in [0.3, 0.4) is 0 Å². The van der Waals surface area contributed by atoms with E-state index in [1.54, 1.807) is 13.2 Å². The van der Waals surface area contributed by atoms with E-state index in [1.165, 1.54) is 10.8 Å². The maximum atomic E-state index is 11.5. The van der Waals surface area contributed by atoms with E-state index in [0.717, 1.165) is 0 Å². The Kier molecular flexibility index (Phi) is 4.14. The van der Waals surface area contributed by atoms with E-state index >= 15 is 0 Å². The first-order valence-electron chi connectivity index (χ1n) is 6.27. The molecule has 3 N–H and O–H groups in total. The van der Waals surface area contributed by atoms with Crippen LogP contribution in [0.1, 0.15) is 19.5 Å². The van der Waals surface area contributed by atoms with E-state index in [1.807, 2.05) is 13.8 Å². The van der Waals surface area contributed by atoms with Gasteiger partial charge in [0.1, 0.15) is 18.2 Å². The normalized spacial score (nSPS) is 12.8. The third-order valence-electron chi connectivity index (χ3n) is 2.87. The van der Waals surface area contributed by atoms with Crippen LogP contribution in [0.25, 0.3) is 5.78 Å². The average Bonchev–Trinajstić information content (AvgIpc) is 2.83. The summed E-state index contributed by atoms with van der Waals surface area (Å²) in [5, 5.41) is 7.18. The van der Waals surface area contributed by atoms with Gasteiger partial charge in [-0.25, -0.2) is 4.98 Å². The molecular formula is C12H18N6O2. The topological polar surface area (TPSA) is 107 Å². The van der Waals surface area contributed by atoms with Crippen molar-refractivity contribution in [1.82, 2.24) is 19.6 Å². The van der Waals surface area contributed by atoms with Gasteiger partial charge in [0.25, 0.3) is 5.78 Å². The van der Waals surface area contributed by atoms with Crippen molar-refractivity contribution in [2.24, 2.45) is 11.7 Å². The number of carbonyl (C=O) groups excluding carboxylic acids is 1. The number of nitrogens with two attached hydrogens (primary N) is 1. The fourth-order valence-electron chi connectivity index (χ4n) is 1.91. The summed E-state index contributed by atoms with van der Waals surface area (Å²) in [4.78, 5) is 19.8. The largest absolute Gasteiger partial charge is 0.378 e. The zero-order valence-electron chi connectivity index (χ0n) is 11.7. The van der Waals surface area contributed by atoms with Gasteiger partial charge in [0.2, 0.25) is 5.91 Å². The van der Waals surface area contributed by atoms with Crippen LogP contribution in [0, 0.1) is 5.92 Å². The average molecular weight is 278 g/mol.